The summed E-state index contributed by atoms with van der Waals surface area (Å²) in [4.78, 5) is 4.50. The van der Waals surface area contributed by atoms with Gasteiger partial charge in [0.2, 0.25) is 0 Å². The number of hydrogen-bond donors (Lipinski definition) is 0. The molecule has 0 N–H and O–H groups in total. The number of rotatable bonds is 14. The molecule has 0 aliphatic rings. The first-order chi connectivity index (χ1) is 14.7. The van der Waals surface area contributed by atoms with E-state index in [4.69, 9.17) is 0 Å². The molecule has 0 unspecified atom stereocenters. The van der Waals surface area contributed by atoms with E-state index in [9.17, 15) is 0 Å². The summed E-state index contributed by atoms with van der Waals surface area (Å²) in [5.74, 6) is 0.0249. The predicted molar refractivity (Wildman–Crippen MR) is 131 cm³/mol. The standard InChI is InChI=1S/C28H33N2/c1-6-20-29(21-7-2)24(5)28(30(22-8-3)23-9-4)27(25-16-12-10-13-17-25)26-18-14-11-15-19-26/h6-19,27H,1-5,20-23H2. The highest BCUT2D eigenvalue weighted by Gasteiger charge is 2.34. The maximum absolute atomic E-state index is 4.53. The molecular formula is C28H33N2. The first kappa shape index (κ1) is 23.2. The van der Waals surface area contributed by atoms with Crippen molar-refractivity contribution in [1.82, 2.24) is 9.80 Å². The van der Waals surface area contributed by atoms with Crippen molar-refractivity contribution in [3.05, 3.63) is 141 Å². The van der Waals surface area contributed by atoms with Crippen LogP contribution < -0.4 is 0 Å². The van der Waals surface area contributed by atoms with Gasteiger partial charge in [-0.2, -0.15) is 0 Å². The van der Waals surface area contributed by atoms with Gasteiger partial charge in [-0.1, -0.05) is 91.5 Å². The maximum atomic E-state index is 4.53. The molecule has 2 nitrogen and oxygen atoms in total. The van der Waals surface area contributed by atoms with E-state index in [0.29, 0.717) is 26.2 Å². The van der Waals surface area contributed by atoms with Gasteiger partial charge in [0.1, 0.15) is 0 Å². The van der Waals surface area contributed by atoms with Gasteiger partial charge in [0, 0.05) is 37.8 Å². The Kier molecular flexibility index (Phi) is 9.63. The van der Waals surface area contributed by atoms with Crippen LogP contribution >= 0.6 is 0 Å². The van der Waals surface area contributed by atoms with E-state index in [1.165, 1.54) is 11.1 Å². The Morgan fingerprint density at radius 3 is 1.37 bits per heavy atom. The van der Waals surface area contributed by atoms with E-state index in [1.807, 2.05) is 36.4 Å². The van der Waals surface area contributed by atoms with E-state index < -0.39 is 0 Å². The minimum absolute atomic E-state index is 0.0249. The minimum atomic E-state index is 0.0249. The molecule has 2 heteroatoms. The van der Waals surface area contributed by atoms with Crippen molar-refractivity contribution < 1.29 is 0 Å². The number of benzene rings is 2. The quantitative estimate of drug-likeness (QED) is 0.350. The zero-order valence-corrected chi connectivity index (χ0v) is 17.9. The highest BCUT2D eigenvalue weighted by atomic mass is 15.2. The molecule has 0 saturated heterocycles. The monoisotopic (exact) mass is 397 g/mol. The highest BCUT2D eigenvalue weighted by Crippen LogP contribution is 2.40. The number of hydrogen-bond acceptors (Lipinski definition) is 2. The smallest absolute Gasteiger partial charge is 0.0971 e. The highest BCUT2D eigenvalue weighted by molar-refractivity contribution is 5.44. The second-order valence-electron chi connectivity index (χ2n) is 7.05. The van der Waals surface area contributed by atoms with Crippen LogP contribution in [0.2, 0.25) is 0 Å². The minimum Gasteiger partial charge on any atom is -0.366 e. The zero-order valence-electron chi connectivity index (χ0n) is 17.9. The molecule has 0 bridgehead atoms. The normalized spacial score (nSPS) is 10.8. The molecule has 0 spiro atoms. The van der Waals surface area contributed by atoms with Crippen LogP contribution in [0.4, 0.5) is 0 Å². The van der Waals surface area contributed by atoms with Crippen molar-refractivity contribution in [2.24, 2.45) is 0 Å². The van der Waals surface area contributed by atoms with Gasteiger partial charge in [-0.05, 0) is 11.1 Å². The zero-order chi connectivity index (χ0) is 21.8. The van der Waals surface area contributed by atoms with E-state index >= 15 is 0 Å². The van der Waals surface area contributed by atoms with Gasteiger partial charge in [0.05, 0.1) is 6.04 Å². The summed E-state index contributed by atoms with van der Waals surface area (Å²) in [6, 6.07) is 22.3. The van der Waals surface area contributed by atoms with E-state index in [-0.39, 0.29) is 5.92 Å². The van der Waals surface area contributed by atoms with Gasteiger partial charge < -0.3 is 4.90 Å². The third-order valence-corrected chi connectivity index (χ3v) is 4.96. The van der Waals surface area contributed by atoms with Crippen LogP contribution in [-0.2, 0) is 0 Å². The third kappa shape index (κ3) is 5.95. The lowest BCUT2D eigenvalue weighted by atomic mass is 9.82. The molecule has 0 heterocycles. The Bertz CT molecular complexity index is 763. The Hall–Kier alpha value is -3.10. The van der Waals surface area contributed by atoms with Crippen LogP contribution in [0.15, 0.2) is 124 Å². The van der Waals surface area contributed by atoms with Crippen LogP contribution in [0.5, 0.6) is 0 Å². The summed E-state index contributed by atoms with van der Waals surface area (Å²) in [5.41, 5.74) is 3.39. The first-order valence-corrected chi connectivity index (χ1v) is 10.3. The summed E-state index contributed by atoms with van der Waals surface area (Å²) in [5, 5.41) is 0. The summed E-state index contributed by atoms with van der Waals surface area (Å²) in [7, 11) is 0. The van der Waals surface area contributed by atoms with Gasteiger partial charge in [-0.25, -0.2) is 0 Å². The maximum Gasteiger partial charge on any atom is 0.0971 e. The molecule has 30 heavy (non-hydrogen) atoms. The largest absolute Gasteiger partial charge is 0.366 e. The fraction of sp³-hybridized carbons (Fsp3) is 0.179. The van der Waals surface area contributed by atoms with Crippen molar-refractivity contribution >= 4 is 0 Å². The van der Waals surface area contributed by atoms with Crippen molar-refractivity contribution in [3.63, 3.8) is 0 Å². The molecule has 1 radical (unpaired) electrons. The van der Waals surface area contributed by atoms with Crippen LogP contribution in [-0.4, -0.2) is 36.0 Å². The topological polar surface area (TPSA) is 6.48 Å². The average Bonchev–Trinajstić information content (AvgIpc) is 2.78. The molecule has 0 aliphatic heterocycles. The molecule has 0 fully saturated rings. The Labute approximate surface area is 182 Å². The Balaban J connectivity index is 2.66. The summed E-state index contributed by atoms with van der Waals surface area (Å²) >= 11 is 0. The van der Waals surface area contributed by atoms with Crippen LogP contribution in [0.25, 0.3) is 0 Å². The van der Waals surface area contributed by atoms with Crippen molar-refractivity contribution in [3.8, 4) is 0 Å². The van der Waals surface area contributed by atoms with E-state index in [0.717, 1.165) is 11.7 Å². The Morgan fingerprint density at radius 2 is 1.00 bits per heavy atom. The molecule has 0 aliphatic carbocycles. The fourth-order valence-electron chi connectivity index (χ4n) is 3.68. The molecular weight excluding hydrogens is 364 g/mol. The number of nitrogens with zero attached hydrogens (tertiary/aromatic N) is 2. The van der Waals surface area contributed by atoms with Gasteiger partial charge in [0.15, 0.2) is 0 Å². The van der Waals surface area contributed by atoms with E-state index in [2.05, 4.69) is 91.2 Å². The van der Waals surface area contributed by atoms with Gasteiger partial charge in [-0.3, -0.25) is 4.90 Å². The Morgan fingerprint density at radius 1 is 0.633 bits per heavy atom. The third-order valence-electron chi connectivity index (χ3n) is 4.96. The average molecular weight is 398 g/mol. The van der Waals surface area contributed by atoms with Gasteiger partial charge in [0.25, 0.3) is 0 Å². The molecule has 155 valence electrons. The molecule has 2 aromatic carbocycles. The van der Waals surface area contributed by atoms with Crippen LogP contribution in [0.3, 0.4) is 0 Å². The summed E-state index contributed by atoms with van der Waals surface area (Å²) < 4.78 is 0. The molecule has 2 rings (SSSR count). The lowest BCUT2D eigenvalue weighted by molar-refractivity contribution is 0.289. The lowest BCUT2D eigenvalue weighted by Crippen LogP contribution is -2.40. The second-order valence-corrected chi connectivity index (χ2v) is 7.05. The van der Waals surface area contributed by atoms with Crippen LogP contribution in [0, 0.1) is 6.04 Å². The predicted octanol–water partition coefficient (Wildman–Crippen LogP) is 6.21. The fourth-order valence-corrected chi connectivity index (χ4v) is 3.68. The SMILES string of the molecule is C=CCN(CC=C)[C](C(=C)N(CC=C)CC=C)C(c1ccccc1)c1ccccc1. The molecule has 2 aromatic rings. The van der Waals surface area contributed by atoms with Gasteiger partial charge >= 0.3 is 0 Å². The summed E-state index contributed by atoms with van der Waals surface area (Å²) in [6.45, 7) is 23.2. The van der Waals surface area contributed by atoms with Crippen molar-refractivity contribution in [2.45, 2.75) is 5.92 Å². The molecule has 0 saturated carbocycles. The van der Waals surface area contributed by atoms with Crippen LogP contribution in [0.1, 0.15) is 17.0 Å². The summed E-state index contributed by atoms with van der Waals surface area (Å²) in [6.07, 6.45) is 7.65. The van der Waals surface area contributed by atoms with E-state index in [1.54, 1.807) is 0 Å². The van der Waals surface area contributed by atoms with Crippen molar-refractivity contribution in [1.29, 1.82) is 0 Å². The molecule has 0 amide bonds. The van der Waals surface area contributed by atoms with Gasteiger partial charge in [-0.15, -0.1) is 26.3 Å². The molecule has 0 aromatic heterocycles. The van der Waals surface area contributed by atoms with Crippen molar-refractivity contribution in [2.75, 3.05) is 26.2 Å². The lowest BCUT2D eigenvalue weighted by Gasteiger charge is -2.41. The molecule has 0 atom stereocenters. The second kappa shape index (κ2) is 12.5. The first-order valence-electron chi connectivity index (χ1n) is 10.3.